The van der Waals surface area contributed by atoms with Gasteiger partial charge in [-0.15, -0.1) is 0 Å². The molecule has 1 amide bonds. The van der Waals surface area contributed by atoms with Gasteiger partial charge >= 0.3 is 0 Å². The van der Waals surface area contributed by atoms with Gasteiger partial charge in [0.2, 0.25) is 0 Å². The highest BCUT2D eigenvalue weighted by molar-refractivity contribution is 6.46. The molecule has 0 radical (unpaired) electrons. The Morgan fingerprint density at radius 2 is 1.76 bits per heavy atom. The molecule has 2 aliphatic heterocycles. The number of morpholine rings is 1. The minimum Gasteiger partial charge on any atom is -0.507 e. The zero-order chi connectivity index (χ0) is 27.1. The first-order chi connectivity index (χ1) is 18.5. The predicted molar refractivity (Wildman–Crippen MR) is 143 cm³/mol. The molecule has 1 atom stereocenters. The second-order valence-corrected chi connectivity index (χ2v) is 9.04. The smallest absolute Gasteiger partial charge is 0.295 e. The molecule has 0 aliphatic carbocycles. The van der Waals surface area contributed by atoms with Gasteiger partial charge in [0.05, 0.1) is 39.0 Å². The summed E-state index contributed by atoms with van der Waals surface area (Å²) in [6.45, 7) is 8.16. The van der Waals surface area contributed by atoms with Gasteiger partial charge in [0.1, 0.15) is 18.1 Å². The molecule has 0 bridgehead atoms. The van der Waals surface area contributed by atoms with Crippen LogP contribution in [-0.4, -0.2) is 86.8 Å². The number of ketones is 1. The lowest BCUT2D eigenvalue weighted by Crippen LogP contribution is -2.38. The van der Waals surface area contributed by atoms with E-state index in [2.05, 4.69) is 11.5 Å². The summed E-state index contributed by atoms with van der Waals surface area (Å²) in [6.07, 6.45) is 2.31. The third kappa shape index (κ3) is 5.84. The van der Waals surface area contributed by atoms with Crippen LogP contribution in [0, 0.1) is 0 Å². The molecule has 0 spiro atoms. The Kier molecular flexibility index (Phi) is 9.04. The van der Waals surface area contributed by atoms with Crippen molar-refractivity contribution in [2.45, 2.75) is 12.5 Å². The summed E-state index contributed by atoms with van der Waals surface area (Å²) in [5.41, 5.74) is 1.09. The number of rotatable bonds is 11. The average Bonchev–Trinajstić information content (AvgIpc) is 3.21. The number of ether oxygens (including phenoxy) is 4. The van der Waals surface area contributed by atoms with Crippen LogP contribution in [0.15, 0.2) is 60.7 Å². The fraction of sp³-hybridized carbons (Fsp3) is 0.379. The molecule has 4 rings (SSSR count). The molecule has 9 heteroatoms. The summed E-state index contributed by atoms with van der Waals surface area (Å²) in [4.78, 5) is 30.4. The van der Waals surface area contributed by atoms with Crippen molar-refractivity contribution >= 4 is 17.4 Å². The minimum absolute atomic E-state index is 0.0355. The SMILES string of the molecule is C=CCOc1ccc(C(O)=C2C(=O)C(=O)N(CCCN3CCOCC3)[C@H]2c2ccc(OC)c(OC)c2)cc1. The van der Waals surface area contributed by atoms with E-state index < -0.39 is 17.7 Å². The molecular formula is C29H34N2O7. The summed E-state index contributed by atoms with van der Waals surface area (Å²) in [5, 5.41) is 11.3. The first-order valence-electron chi connectivity index (χ1n) is 12.6. The zero-order valence-electron chi connectivity index (χ0n) is 21.9. The van der Waals surface area contributed by atoms with Crippen molar-refractivity contribution in [2.24, 2.45) is 0 Å². The number of Topliss-reactive ketones (excluding diaryl/α,β-unsaturated/α-hetero) is 1. The molecule has 2 aromatic rings. The summed E-state index contributed by atoms with van der Waals surface area (Å²) < 4.78 is 21.8. The maximum Gasteiger partial charge on any atom is 0.295 e. The van der Waals surface area contributed by atoms with E-state index in [1.807, 2.05) is 0 Å². The van der Waals surface area contributed by atoms with Crippen LogP contribution in [0.2, 0.25) is 0 Å². The minimum atomic E-state index is -0.781. The van der Waals surface area contributed by atoms with Gasteiger partial charge in [-0.05, 0) is 48.4 Å². The second-order valence-electron chi connectivity index (χ2n) is 9.04. The first-order valence-corrected chi connectivity index (χ1v) is 12.6. The number of hydrogen-bond donors (Lipinski definition) is 1. The fourth-order valence-electron chi connectivity index (χ4n) is 4.79. The maximum absolute atomic E-state index is 13.3. The quantitative estimate of drug-likeness (QED) is 0.208. The highest BCUT2D eigenvalue weighted by Gasteiger charge is 2.46. The van der Waals surface area contributed by atoms with E-state index in [0.29, 0.717) is 61.2 Å². The third-order valence-corrected chi connectivity index (χ3v) is 6.74. The molecule has 202 valence electrons. The molecule has 2 heterocycles. The Bertz CT molecular complexity index is 1190. The number of amides is 1. The van der Waals surface area contributed by atoms with Gasteiger partial charge < -0.3 is 29.0 Å². The van der Waals surface area contributed by atoms with E-state index >= 15 is 0 Å². The molecule has 2 aromatic carbocycles. The summed E-state index contributed by atoms with van der Waals surface area (Å²) >= 11 is 0. The Labute approximate surface area is 222 Å². The standard InChI is InChI=1S/C29H34N2O7/c1-4-16-38-22-9-6-20(7-10-22)27(32)25-26(21-8-11-23(35-2)24(19-21)36-3)31(29(34)28(25)33)13-5-12-30-14-17-37-18-15-30/h4,6-11,19,26,32H,1,5,12-18H2,2-3H3/t26-/m0/s1. The molecule has 38 heavy (non-hydrogen) atoms. The van der Waals surface area contributed by atoms with E-state index in [9.17, 15) is 14.7 Å². The van der Waals surface area contributed by atoms with Gasteiger partial charge in [-0.3, -0.25) is 14.5 Å². The van der Waals surface area contributed by atoms with E-state index in [-0.39, 0.29) is 11.3 Å². The van der Waals surface area contributed by atoms with Crippen LogP contribution in [0.1, 0.15) is 23.6 Å². The van der Waals surface area contributed by atoms with E-state index in [1.54, 1.807) is 48.5 Å². The number of benzene rings is 2. The largest absolute Gasteiger partial charge is 0.507 e. The highest BCUT2D eigenvalue weighted by atomic mass is 16.5. The van der Waals surface area contributed by atoms with Crippen molar-refractivity contribution in [1.29, 1.82) is 0 Å². The number of nitrogens with zero attached hydrogens (tertiary/aromatic N) is 2. The van der Waals surface area contributed by atoms with Crippen molar-refractivity contribution in [1.82, 2.24) is 9.80 Å². The van der Waals surface area contributed by atoms with Crippen LogP contribution >= 0.6 is 0 Å². The van der Waals surface area contributed by atoms with Crippen LogP contribution in [0.5, 0.6) is 17.2 Å². The molecule has 2 fully saturated rings. The van der Waals surface area contributed by atoms with Gasteiger partial charge in [-0.25, -0.2) is 0 Å². The Morgan fingerprint density at radius 3 is 2.42 bits per heavy atom. The van der Waals surface area contributed by atoms with Gasteiger partial charge in [0, 0.05) is 31.7 Å². The Morgan fingerprint density at radius 1 is 1.05 bits per heavy atom. The van der Waals surface area contributed by atoms with Crippen LogP contribution in [0.3, 0.4) is 0 Å². The molecule has 1 N–H and O–H groups in total. The first kappa shape index (κ1) is 27.2. The average molecular weight is 523 g/mol. The molecule has 0 unspecified atom stereocenters. The third-order valence-electron chi connectivity index (χ3n) is 6.74. The van der Waals surface area contributed by atoms with E-state index in [0.717, 1.165) is 19.6 Å². The maximum atomic E-state index is 13.3. The van der Waals surface area contributed by atoms with Crippen molar-refractivity contribution in [2.75, 3.05) is 60.2 Å². The topological polar surface area (TPSA) is 97.8 Å². The van der Waals surface area contributed by atoms with Crippen molar-refractivity contribution in [3.05, 3.63) is 71.8 Å². The van der Waals surface area contributed by atoms with Crippen LogP contribution in [0.25, 0.3) is 5.76 Å². The number of hydrogen-bond acceptors (Lipinski definition) is 8. The fourth-order valence-corrected chi connectivity index (χ4v) is 4.79. The van der Waals surface area contributed by atoms with E-state index in [1.165, 1.54) is 19.1 Å². The second kappa shape index (κ2) is 12.6. The normalized spacial score (nSPS) is 19.4. The lowest BCUT2D eigenvalue weighted by molar-refractivity contribution is -0.140. The van der Waals surface area contributed by atoms with Gasteiger partial charge in [-0.1, -0.05) is 18.7 Å². The van der Waals surface area contributed by atoms with Crippen molar-refractivity contribution < 1.29 is 33.6 Å². The highest BCUT2D eigenvalue weighted by Crippen LogP contribution is 2.42. The zero-order valence-corrected chi connectivity index (χ0v) is 21.9. The summed E-state index contributed by atoms with van der Waals surface area (Å²) in [5.74, 6) is -0.0151. The molecular weight excluding hydrogens is 488 g/mol. The molecule has 2 aliphatic rings. The van der Waals surface area contributed by atoms with Gasteiger partial charge in [0.25, 0.3) is 11.7 Å². The molecule has 0 saturated carbocycles. The van der Waals surface area contributed by atoms with Crippen LogP contribution < -0.4 is 14.2 Å². The van der Waals surface area contributed by atoms with Crippen molar-refractivity contribution in [3.8, 4) is 17.2 Å². The number of carbonyl (C=O) groups excluding carboxylic acids is 2. The van der Waals surface area contributed by atoms with Gasteiger partial charge in [0.15, 0.2) is 11.5 Å². The lowest BCUT2D eigenvalue weighted by atomic mass is 9.95. The van der Waals surface area contributed by atoms with Gasteiger partial charge in [-0.2, -0.15) is 0 Å². The Hall–Kier alpha value is -3.82. The summed E-state index contributed by atoms with van der Waals surface area (Å²) in [7, 11) is 3.06. The number of aliphatic hydroxyl groups excluding tert-OH is 1. The number of aliphatic hydroxyl groups is 1. The van der Waals surface area contributed by atoms with E-state index in [4.69, 9.17) is 18.9 Å². The Balaban J connectivity index is 1.69. The van der Waals surface area contributed by atoms with Crippen LogP contribution in [-0.2, 0) is 14.3 Å². The monoisotopic (exact) mass is 522 g/mol. The van der Waals surface area contributed by atoms with Crippen LogP contribution in [0.4, 0.5) is 0 Å². The number of methoxy groups -OCH3 is 2. The lowest BCUT2D eigenvalue weighted by Gasteiger charge is -2.29. The number of likely N-dealkylation sites (tertiary alicyclic amines) is 1. The predicted octanol–water partition coefficient (Wildman–Crippen LogP) is 3.41. The summed E-state index contributed by atoms with van der Waals surface area (Å²) in [6, 6.07) is 11.2. The molecule has 0 aromatic heterocycles. The molecule has 9 nitrogen and oxygen atoms in total. The number of carbonyl (C=O) groups is 2. The van der Waals surface area contributed by atoms with Crippen molar-refractivity contribution in [3.63, 3.8) is 0 Å². The molecule has 2 saturated heterocycles.